The van der Waals surface area contributed by atoms with Gasteiger partial charge in [-0.15, -0.1) is 0 Å². The molecule has 0 radical (unpaired) electrons. The second-order valence-electron chi connectivity index (χ2n) is 11.8. The van der Waals surface area contributed by atoms with Gasteiger partial charge in [0.15, 0.2) is 37.4 Å². The van der Waals surface area contributed by atoms with Crippen LogP contribution in [0.5, 0.6) is 0 Å². The summed E-state index contributed by atoms with van der Waals surface area (Å²) in [6.45, 7) is -1.34. The van der Waals surface area contributed by atoms with E-state index in [1.54, 1.807) is 0 Å². The Hall–Kier alpha value is -2.80. The van der Waals surface area contributed by atoms with Crippen molar-refractivity contribution in [2.45, 2.75) is 123 Å². The van der Waals surface area contributed by atoms with Gasteiger partial charge in [-0.3, -0.25) is 19.2 Å². The Balaban J connectivity index is 1.50. The molecule has 4 saturated heterocycles. The van der Waals surface area contributed by atoms with E-state index >= 15 is 0 Å². The minimum absolute atomic E-state index is 0.0175. The van der Waals surface area contributed by atoms with Gasteiger partial charge in [0.05, 0.1) is 0 Å². The molecular formula is C28H42O25. The molecule has 4 fully saturated rings. The molecule has 0 bridgehead atoms. The molecular weight excluding hydrogens is 736 g/mol. The van der Waals surface area contributed by atoms with Gasteiger partial charge in [0.25, 0.3) is 25.9 Å². The number of hydrogen-bond donors (Lipinski definition) is 8. The Morgan fingerprint density at radius 2 is 0.774 bits per heavy atom. The Labute approximate surface area is 298 Å². The number of ether oxygens (including phenoxy) is 13. The molecule has 0 amide bonds. The predicted molar refractivity (Wildman–Crippen MR) is 153 cm³/mol. The SMILES string of the molecule is COC1OC(OC=O)C(OC2OC(COC=O)C(OC3OC(OC=O)C(OC4OC(COC=O)C(OC)C(O)C4O)C(O)C3O)C(O)C2O)C(O)C1O. The van der Waals surface area contributed by atoms with Crippen molar-refractivity contribution in [2.24, 2.45) is 0 Å². The zero-order valence-electron chi connectivity index (χ0n) is 27.8. The maximum Gasteiger partial charge on any atom is 0.295 e. The third kappa shape index (κ3) is 9.54. The number of aliphatic hydroxyl groups is 8. The third-order valence-electron chi connectivity index (χ3n) is 8.70. The summed E-state index contributed by atoms with van der Waals surface area (Å²) in [6, 6.07) is 0. The molecule has 0 aromatic rings. The predicted octanol–water partition coefficient (Wildman–Crippen LogP) is -7.80. The molecule has 8 N–H and O–H groups in total. The Morgan fingerprint density at radius 1 is 0.415 bits per heavy atom. The largest absolute Gasteiger partial charge is 0.465 e. The fourth-order valence-electron chi connectivity index (χ4n) is 6.03. The third-order valence-corrected chi connectivity index (χ3v) is 8.70. The summed E-state index contributed by atoms with van der Waals surface area (Å²) in [5, 5.41) is 86.3. The second kappa shape index (κ2) is 19.7. The van der Waals surface area contributed by atoms with Crippen molar-refractivity contribution in [3.8, 4) is 0 Å². The topological polar surface area (TPSA) is 350 Å². The highest BCUT2D eigenvalue weighted by molar-refractivity contribution is 5.38. The number of carbonyl (C=O) groups is 4. The minimum Gasteiger partial charge on any atom is -0.465 e. The first-order chi connectivity index (χ1) is 25.4. The van der Waals surface area contributed by atoms with Gasteiger partial charge in [-0.1, -0.05) is 0 Å². The molecule has 0 aliphatic carbocycles. The Kier molecular flexibility index (Phi) is 15.9. The molecule has 4 aliphatic heterocycles. The van der Waals surface area contributed by atoms with Crippen molar-refractivity contribution in [3.05, 3.63) is 0 Å². The van der Waals surface area contributed by atoms with Crippen LogP contribution in [-0.4, -0.2) is 217 Å². The van der Waals surface area contributed by atoms with Crippen molar-refractivity contribution in [1.82, 2.24) is 0 Å². The highest BCUT2D eigenvalue weighted by Crippen LogP contribution is 2.35. The van der Waals surface area contributed by atoms with Gasteiger partial charge >= 0.3 is 0 Å². The van der Waals surface area contributed by atoms with Crippen molar-refractivity contribution < 1.29 is 122 Å². The molecule has 0 spiro atoms. The van der Waals surface area contributed by atoms with Crippen molar-refractivity contribution in [1.29, 1.82) is 0 Å². The highest BCUT2D eigenvalue weighted by Gasteiger charge is 2.56. The second-order valence-corrected chi connectivity index (χ2v) is 11.8. The molecule has 53 heavy (non-hydrogen) atoms. The van der Waals surface area contributed by atoms with Crippen LogP contribution in [0.15, 0.2) is 0 Å². The molecule has 4 rings (SSSR count). The number of hydrogen-bond acceptors (Lipinski definition) is 25. The van der Waals surface area contributed by atoms with Gasteiger partial charge in [0, 0.05) is 14.2 Å². The van der Waals surface area contributed by atoms with Crippen LogP contribution in [0, 0.1) is 0 Å². The molecule has 0 aromatic heterocycles. The number of carbonyl (C=O) groups excluding carboxylic acids is 4. The van der Waals surface area contributed by atoms with E-state index in [1.165, 1.54) is 7.11 Å². The zero-order chi connectivity index (χ0) is 39.0. The maximum absolute atomic E-state index is 11.4. The summed E-state index contributed by atoms with van der Waals surface area (Å²) < 4.78 is 67.8. The standard InChI is InChI=1S/C28H42O25/c1-41-19-9(3-43-5-29)47-24(16(38)11(19)33)51-22-14(36)18(40)26(53-28(22)46-8-32)49-20-10(4-44-6-30)48-25(17(39)12(20)34)50-21-13(35)15(37)23(42-2)52-27(21)45-7-31/h5-28,33-40H,3-4H2,1-2H3. The van der Waals surface area contributed by atoms with Crippen LogP contribution in [0.3, 0.4) is 0 Å². The average Bonchev–Trinajstić information content (AvgIpc) is 3.14. The lowest BCUT2D eigenvalue weighted by atomic mass is 9.97. The van der Waals surface area contributed by atoms with E-state index in [2.05, 4.69) is 4.74 Å². The van der Waals surface area contributed by atoms with Crippen LogP contribution >= 0.6 is 0 Å². The first-order valence-electron chi connectivity index (χ1n) is 15.7. The molecule has 20 atom stereocenters. The molecule has 0 aromatic carbocycles. The monoisotopic (exact) mass is 778 g/mol. The van der Waals surface area contributed by atoms with E-state index in [0.29, 0.717) is 0 Å². The summed E-state index contributed by atoms with van der Waals surface area (Å²) in [6.07, 6.45) is -36.2. The summed E-state index contributed by atoms with van der Waals surface area (Å²) in [4.78, 5) is 44.3. The van der Waals surface area contributed by atoms with E-state index in [-0.39, 0.29) is 25.9 Å². The molecule has 20 unspecified atom stereocenters. The number of rotatable bonds is 18. The summed E-state index contributed by atoms with van der Waals surface area (Å²) in [7, 11) is 2.30. The molecule has 25 heteroatoms. The quantitative estimate of drug-likeness (QED) is 0.0473. The van der Waals surface area contributed by atoms with Crippen LogP contribution in [0.1, 0.15) is 0 Å². The number of aliphatic hydroxyl groups excluding tert-OH is 8. The fraction of sp³-hybridized carbons (Fsp3) is 0.857. The first-order valence-corrected chi connectivity index (χ1v) is 15.7. The summed E-state index contributed by atoms with van der Waals surface area (Å²) in [5.41, 5.74) is 0. The lowest BCUT2D eigenvalue weighted by Crippen LogP contribution is -2.67. The molecule has 4 heterocycles. The normalized spacial score (nSPS) is 46.1. The fourth-order valence-corrected chi connectivity index (χ4v) is 6.03. The maximum atomic E-state index is 11.4. The van der Waals surface area contributed by atoms with Crippen LogP contribution in [0.25, 0.3) is 0 Å². The van der Waals surface area contributed by atoms with E-state index in [1.807, 2.05) is 0 Å². The molecule has 0 saturated carbocycles. The zero-order valence-corrected chi connectivity index (χ0v) is 27.8. The van der Waals surface area contributed by atoms with Crippen LogP contribution < -0.4 is 0 Å². The van der Waals surface area contributed by atoms with Gasteiger partial charge in [0.1, 0.15) is 86.5 Å². The van der Waals surface area contributed by atoms with Crippen molar-refractivity contribution >= 4 is 25.9 Å². The summed E-state index contributed by atoms with van der Waals surface area (Å²) in [5.74, 6) is 0. The van der Waals surface area contributed by atoms with Crippen molar-refractivity contribution in [2.75, 3.05) is 27.4 Å². The number of methoxy groups -OCH3 is 2. The smallest absolute Gasteiger partial charge is 0.295 e. The van der Waals surface area contributed by atoms with Gasteiger partial charge in [0.2, 0.25) is 12.6 Å². The summed E-state index contributed by atoms with van der Waals surface area (Å²) >= 11 is 0. The lowest BCUT2D eigenvalue weighted by Gasteiger charge is -2.48. The minimum atomic E-state index is -2.14. The van der Waals surface area contributed by atoms with Gasteiger partial charge in [-0.2, -0.15) is 0 Å². The van der Waals surface area contributed by atoms with Gasteiger partial charge in [-0.05, 0) is 0 Å². The Bertz CT molecular complexity index is 1170. The van der Waals surface area contributed by atoms with Gasteiger partial charge in [-0.25, -0.2) is 0 Å². The van der Waals surface area contributed by atoms with E-state index in [0.717, 1.165) is 7.11 Å². The van der Waals surface area contributed by atoms with Crippen LogP contribution in [-0.2, 0) is 80.8 Å². The molecule has 4 aliphatic rings. The first kappa shape index (κ1) is 42.9. The van der Waals surface area contributed by atoms with Crippen LogP contribution in [0.2, 0.25) is 0 Å². The average molecular weight is 779 g/mol. The van der Waals surface area contributed by atoms with Gasteiger partial charge < -0.3 is 102 Å². The Morgan fingerprint density at radius 3 is 1.19 bits per heavy atom. The van der Waals surface area contributed by atoms with E-state index in [4.69, 9.17) is 56.8 Å². The molecule has 304 valence electrons. The van der Waals surface area contributed by atoms with E-state index in [9.17, 15) is 60.0 Å². The highest BCUT2D eigenvalue weighted by atomic mass is 16.8. The van der Waals surface area contributed by atoms with Crippen LogP contribution in [0.4, 0.5) is 0 Å². The van der Waals surface area contributed by atoms with E-state index < -0.39 is 136 Å². The van der Waals surface area contributed by atoms with Crippen molar-refractivity contribution in [3.63, 3.8) is 0 Å². The lowest BCUT2D eigenvalue weighted by molar-refractivity contribution is -0.407. The molecule has 25 nitrogen and oxygen atoms in total.